The second kappa shape index (κ2) is 5.41. The van der Waals surface area contributed by atoms with Crippen molar-refractivity contribution in [2.75, 3.05) is 13.6 Å². The van der Waals surface area contributed by atoms with Crippen LogP contribution in [0.25, 0.3) is 0 Å². The number of aliphatic hydroxyl groups excluding tert-OH is 1. The third-order valence-corrected chi connectivity index (χ3v) is 2.76. The highest BCUT2D eigenvalue weighted by molar-refractivity contribution is 5.35. The lowest BCUT2D eigenvalue weighted by molar-refractivity contribution is 0.177. The molecule has 0 bridgehead atoms. The molecule has 0 aliphatic rings. The van der Waals surface area contributed by atoms with Gasteiger partial charge in [0.2, 0.25) is 0 Å². The van der Waals surface area contributed by atoms with Gasteiger partial charge in [0.1, 0.15) is 5.82 Å². The van der Waals surface area contributed by atoms with Crippen LogP contribution in [-0.4, -0.2) is 18.7 Å². The summed E-state index contributed by atoms with van der Waals surface area (Å²) in [4.78, 5) is 0. The zero-order valence-electron chi connectivity index (χ0n) is 10.3. The van der Waals surface area contributed by atoms with Gasteiger partial charge in [-0.05, 0) is 48.7 Å². The van der Waals surface area contributed by atoms with Crippen LogP contribution in [-0.2, 0) is 0 Å². The molecule has 0 amide bonds. The molecule has 3 heteroatoms. The molecule has 2 N–H and O–H groups in total. The molecule has 90 valence electrons. The van der Waals surface area contributed by atoms with E-state index in [2.05, 4.69) is 5.32 Å². The molecule has 0 saturated heterocycles. The van der Waals surface area contributed by atoms with E-state index in [4.69, 9.17) is 0 Å². The number of aliphatic hydroxyl groups is 1. The fourth-order valence-electron chi connectivity index (χ4n) is 1.81. The zero-order valence-corrected chi connectivity index (χ0v) is 10.3. The van der Waals surface area contributed by atoms with Crippen molar-refractivity contribution in [1.82, 2.24) is 5.32 Å². The quantitative estimate of drug-likeness (QED) is 0.825. The van der Waals surface area contributed by atoms with Crippen molar-refractivity contribution in [1.29, 1.82) is 0 Å². The summed E-state index contributed by atoms with van der Waals surface area (Å²) in [5.74, 6) is -0.0611. The van der Waals surface area contributed by atoms with Crippen molar-refractivity contribution in [3.05, 3.63) is 34.6 Å². The van der Waals surface area contributed by atoms with Gasteiger partial charge in [-0.15, -0.1) is 0 Å². The van der Waals surface area contributed by atoms with Gasteiger partial charge >= 0.3 is 0 Å². The zero-order chi connectivity index (χ0) is 12.3. The third-order valence-electron chi connectivity index (χ3n) is 2.76. The molecule has 1 rings (SSSR count). The molecule has 0 fully saturated rings. The van der Waals surface area contributed by atoms with Gasteiger partial charge < -0.3 is 10.4 Å². The van der Waals surface area contributed by atoms with E-state index in [-0.39, 0.29) is 11.7 Å². The normalized spacial score (nSPS) is 13.2. The van der Waals surface area contributed by atoms with Crippen molar-refractivity contribution >= 4 is 0 Å². The number of rotatable bonds is 4. The Balaban J connectivity index is 3.14. The molecular weight excluding hydrogens is 205 g/mol. The maximum Gasteiger partial charge on any atom is 0.126 e. The van der Waals surface area contributed by atoms with Gasteiger partial charge in [0.25, 0.3) is 0 Å². The van der Waals surface area contributed by atoms with E-state index in [1.807, 2.05) is 20.8 Å². The summed E-state index contributed by atoms with van der Waals surface area (Å²) in [5, 5.41) is 12.8. The first-order valence-corrected chi connectivity index (χ1v) is 5.60. The molecular formula is C13H20FNO. The molecule has 0 aromatic heterocycles. The highest BCUT2D eigenvalue weighted by atomic mass is 19.1. The predicted octanol–water partition coefficient (Wildman–Crippen LogP) is 2.51. The maximum atomic E-state index is 13.6. The molecule has 16 heavy (non-hydrogen) atoms. The maximum absolute atomic E-state index is 13.6. The van der Waals surface area contributed by atoms with E-state index in [0.29, 0.717) is 12.1 Å². The molecule has 1 unspecified atom stereocenters. The van der Waals surface area contributed by atoms with E-state index in [9.17, 15) is 9.50 Å². The fourth-order valence-corrected chi connectivity index (χ4v) is 1.81. The van der Waals surface area contributed by atoms with Crippen LogP contribution in [0.2, 0.25) is 0 Å². The number of hydrogen-bond acceptors (Lipinski definition) is 2. The molecule has 0 aliphatic heterocycles. The summed E-state index contributed by atoms with van der Waals surface area (Å²) in [5.41, 5.74) is 2.26. The molecule has 1 aromatic rings. The number of aryl methyl sites for hydroxylation is 1. The molecule has 0 spiro atoms. The van der Waals surface area contributed by atoms with Gasteiger partial charge in [-0.25, -0.2) is 4.39 Å². The van der Waals surface area contributed by atoms with Gasteiger partial charge in [-0.3, -0.25) is 0 Å². The minimum Gasteiger partial charge on any atom is -0.387 e. The summed E-state index contributed by atoms with van der Waals surface area (Å²) >= 11 is 0. The van der Waals surface area contributed by atoms with Crippen LogP contribution in [0.15, 0.2) is 12.1 Å². The minimum absolute atomic E-state index is 0.126. The number of halogens is 1. The van der Waals surface area contributed by atoms with Crippen LogP contribution in [0, 0.1) is 12.7 Å². The van der Waals surface area contributed by atoms with Gasteiger partial charge in [-0.2, -0.15) is 0 Å². The monoisotopic (exact) mass is 225 g/mol. The van der Waals surface area contributed by atoms with E-state index in [0.717, 1.165) is 11.1 Å². The van der Waals surface area contributed by atoms with E-state index in [1.165, 1.54) is 6.07 Å². The highest BCUT2D eigenvalue weighted by Crippen LogP contribution is 2.26. The Morgan fingerprint density at radius 1 is 1.31 bits per heavy atom. The molecule has 2 nitrogen and oxygen atoms in total. The Kier molecular flexibility index (Phi) is 4.44. The van der Waals surface area contributed by atoms with Crippen LogP contribution in [0.4, 0.5) is 4.39 Å². The highest BCUT2D eigenvalue weighted by Gasteiger charge is 2.15. The van der Waals surface area contributed by atoms with Crippen LogP contribution >= 0.6 is 0 Å². The van der Waals surface area contributed by atoms with Gasteiger partial charge in [0.15, 0.2) is 0 Å². The summed E-state index contributed by atoms with van der Waals surface area (Å²) in [6, 6.07) is 3.28. The second-order valence-corrected chi connectivity index (χ2v) is 4.46. The van der Waals surface area contributed by atoms with Crippen molar-refractivity contribution in [2.24, 2.45) is 0 Å². The van der Waals surface area contributed by atoms with Crippen molar-refractivity contribution in [3.63, 3.8) is 0 Å². The van der Waals surface area contributed by atoms with Crippen LogP contribution < -0.4 is 5.32 Å². The van der Waals surface area contributed by atoms with E-state index < -0.39 is 6.10 Å². The average molecular weight is 225 g/mol. The van der Waals surface area contributed by atoms with Crippen LogP contribution in [0.5, 0.6) is 0 Å². The SMILES string of the molecule is CNCC(O)c1cc(C(C)C)c(F)cc1C. The lowest BCUT2D eigenvalue weighted by Crippen LogP contribution is -2.18. The van der Waals surface area contributed by atoms with E-state index in [1.54, 1.807) is 13.1 Å². The Morgan fingerprint density at radius 2 is 1.94 bits per heavy atom. The Morgan fingerprint density at radius 3 is 2.44 bits per heavy atom. The first-order valence-electron chi connectivity index (χ1n) is 5.60. The summed E-state index contributed by atoms with van der Waals surface area (Å²) in [7, 11) is 1.78. The molecule has 1 aromatic carbocycles. The second-order valence-electron chi connectivity index (χ2n) is 4.46. The van der Waals surface area contributed by atoms with Crippen LogP contribution in [0.1, 0.15) is 42.6 Å². The number of benzene rings is 1. The summed E-state index contributed by atoms with van der Waals surface area (Å²) in [6.07, 6.45) is -0.580. The summed E-state index contributed by atoms with van der Waals surface area (Å²) < 4.78 is 13.6. The largest absolute Gasteiger partial charge is 0.387 e. The number of hydrogen-bond donors (Lipinski definition) is 2. The van der Waals surface area contributed by atoms with E-state index >= 15 is 0 Å². The van der Waals surface area contributed by atoms with Crippen LogP contribution in [0.3, 0.4) is 0 Å². The Bertz CT molecular complexity index is 363. The standard InChI is InChI=1S/C13H20FNO/c1-8(2)10-6-11(13(16)7-15-4)9(3)5-12(10)14/h5-6,8,13,15-16H,7H2,1-4H3. The predicted molar refractivity (Wildman–Crippen MR) is 64.1 cm³/mol. The van der Waals surface area contributed by atoms with Gasteiger partial charge in [-0.1, -0.05) is 13.8 Å². The third kappa shape index (κ3) is 2.80. The lowest BCUT2D eigenvalue weighted by Gasteiger charge is -2.17. The number of nitrogens with one attached hydrogen (secondary N) is 1. The van der Waals surface area contributed by atoms with Crippen molar-refractivity contribution in [2.45, 2.75) is 32.8 Å². The lowest BCUT2D eigenvalue weighted by atomic mass is 9.94. The average Bonchev–Trinajstić information content (AvgIpc) is 2.17. The van der Waals surface area contributed by atoms with Crippen molar-refractivity contribution in [3.8, 4) is 0 Å². The molecule has 0 saturated carbocycles. The molecule has 0 heterocycles. The Labute approximate surface area is 96.5 Å². The van der Waals surface area contributed by atoms with Gasteiger partial charge in [0, 0.05) is 6.54 Å². The molecule has 0 radical (unpaired) electrons. The molecule has 0 aliphatic carbocycles. The number of likely N-dealkylation sites (N-methyl/N-ethyl adjacent to an activating group) is 1. The topological polar surface area (TPSA) is 32.3 Å². The van der Waals surface area contributed by atoms with Crippen molar-refractivity contribution < 1.29 is 9.50 Å². The smallest absolute Gasteiger partial charge is 0.126 e. The first-order chi connectivity index (χ1) is 7.47. The first kappa shape index (κ1) is 13.1. The summed E-state index contributed by atoms with van der Waals surface area (Å²) in [6.45, 7) is 6.19. The fraction of sp³-hybridized carbons (Fsp3) is 0.538. The molecule has 1 atom stereocenters. The minimum atomic E-state index is -0.580. The Hall–Kier alpha value is -0.930. The van der Waals surface area contributed by atoms with Gasteiger partial charge in [0.05, 0.1) is 6.10 Å².